The Morgan fingerprint density at radius 2 is 2.00 bits per heavy atom. The summed E-state index contributed by atoms with van der Waals surface area (Å²) in [5.74, 6) is 1.33. The molecule has 6 heteroatoms. The fourth-order valence-corrected chi connectivity index (χ4v) is 2.40. The van der Waals surface area contributed by atoms with Gasteiger partial charge in [0, 0.05) is 0 Å². The van der Waals surface area contributed by atoms with E-state index in [1.54, 1.807) is 14.2 Å². The lowest BCUT2D eigenvalue weighted by Gasteiger charge is -2.10. The topological polar surface area (TPSA) is 70.3 Å². The number of rotatable bonds is 4. The van der Waals surface area contributed by atoms with Crippen LogP contribution in [0.25, 0.3) is 10.6 Å². The molecule has 2 N–H and O–H groups in total. The lowest BCUT2D eigenvalue weighted by atomic mass is 10.2. The van der Waals surface area contributed by atoms with Crippen LogP contribution >= 0.6 is 11.3 Å². The molecule has 0 spiro atoms. The van der Waals surface area contributed by atoms with Gasteiger partial charge in [-0.15, -0.1) is 10.2 Å². The SMILES string of the molecule is COc1cccc(-c2nnc(C(C)N)s2)c1OC. The smallest absolute Gasteiger partial charge is 0.171 e. The number of nitrogens with two attached hydrogens (primary N) is 1. The molecular formula is C12H15N3O2S. The molecule has 1 heterocycles. The number of para-hydroxylation sites is 1. The largest absolute Gasteiger partial charge is 0.493 e. The molecule has 0 radical (unpaired) electrons. The molecule has 0 aliphatic rings. The molecule has 2 aromatic rings. The molecule has 1 unspecified atom stereocenters. The van der Waals surface area contributed by atoms with Gasteiger partial charge in [-0.25, -0.2) is 0 Å². The van der Waals surface area contributed by atoms with Crippen LogP contribution in [0.4, 0.5) is 0 Å². The van der Waals surface area contributed by atoms with Gasteiger partial charge in [-0.2, -0.15) is 0 Å². The summed E-state index contributed by atoms with van der Waals surface area (Å²) < 4.78 is 10.6. The number of hydrogen-bond donors (Lipinski definition) is 1. The number of benzene rings is 1. The number of aromatic nitrogens is 2. The summed E-state index contributed by atoms with van der Waals surface area (Å²) >= 11 is 1.46. The molecule has 0 amide bonds. The normalized spacial score (nSPS) is 12.2. The van der Waals surface area contributed by atoms with Gasteiger partial charge in [-0.1, -0.05) is 17.4 Å². The van der Waals surface area contributed by atoms with E-state index in [2.05, 4.69) is 10.2 Å². The molecule has 0 saturated carbocycles. The zero-order valence-corrected chi connectivity index (χ0v) is 11.3. The predicted molar refractivity (Wildman–Crippen MR) is 71.1 cm³/mol. The van der Waals surface area contributed by atoms with Gasteiger partial charge in [0.2, 0.25) is 0 Å². The zero-order chi connectivity index (χ0) is 13.1. The highest BCUT2D eigenvalue weighted by atomic mass is 32.1. The van der Waals surface area contributed by atoms with Crippen molar-refractivity contribution in [3.63, 3.8) is 0 Å². The molecule has 1 aromatic carbocycles. The lowest BCUT2D eigenvalue weighted by molar-refractivity contribution is 0.356. The van der Waals surface area contributed by atoms with E-state index in [1.807, 2.05) is 25.1 Å². The Kier molecular flexibility index (Phi) is 3.78. The van der Waals surface area contributed by atoms with E-state index in [0.29, 0.717) is 11.5 Å². The van der Waals surface area contributed by atoms with Crippen LogP contribution in [0.15, 0.2) is 18.2 Å². The molecule has 2 rings (SSSR count). The first-order valence-electron chi connectivity index (χ1n) is 5.47. The van der Waals surface area contributed by atoms with Crippen molar-refractivity contribution < 1.29 is 9.47 Å². The summed E-state index contributed by atoms with van der Waals surface area (Å²) in [6.07, 6.45) is 0. The second-order valence-electron chi connectivity index (χ2n) is 3.78. The van der Waals surface area contributed by atoms with Crippen molar-refractivity contribution >= 4 is 11.3 Å². The summed E-state index contributed by atoms with van der Waals surface area (Å²) in [5, 5.41) is 9.79. The van der Waals surface area contributed by atoms with E-state index < -0.39 is 0 Å². The van der Waals surface area contributed by atoms with Crippen molar-refractivity contribution in [3.8, 4) is 22.1 Å². The molecule has 5 nitrogen and oxygen atoms in total. The molecule has 0 fully saturated rings. The second kappa shape index (κ2) is 5.32. The molecule has 18 heavy (non-hydrogen) atoms. The minimum absolute atomic E-state index is 0.118. The van der Waals surface area contributed by atoms with Crippen LogP contribution in [0, 0.1) is 0 Å². The Morgan fingerprint density at radius 3 is 2.56 bits per heavy atom. The highest BCUT2D eigenvalue weighted by Crippen LogP contribution is 2.39. The van der Waals surface area contributed by atoms with Gasteiger partial charge in [0.25, 0.3) is 0 Å². The first-order valence-corrected chi connectivity index (χ1v) is 6.29. The van der Waals surface area contributed by atoms with E-state index >= 15 is 0 Å². The van der Waals surface area contributed by atoms with E-state index in [0.717, 1.165) is 15.6 Å². The number of nitrogens with zero attached hydrogens (tertiary/aromatic N) is 2. The fourth-order valence-electron chi connectivity index (χ4n) is 1.58. The summed E-state index contributed by atoms with van der Waals surface area (Å²) in [6, 6.07) is 5.54. The highest BCUT2D eigenvalue weighted by Gasteiger charge is 2.16. The van der Waals surface area contributed by atoms with Crippen LogP contribution in [0.3, 0.4) is 0 Å². The maximum absolute atomic E-state index is 5.78. The fraction of sp³-hybridized carbons (Fsp3) is 0.333. The van der Waals surface area contributed by atoms with Gasteiger partial charge >= 0.3 is 0 Å². The zero-order valence-electron chi connectivity index (χ0n) is 10.5. The van der Waals surface area contributed by atoms with E-state index in [1.165, 1.54) is 11.3 Å². The van der Waals surface area contributed by atoms with Crippen molar-refractivity contribution in [2.45, 2.75) is 13.0 Å². The van der Waals surface area contributed by atoms with Crippen LogP contribution < -0.4 is 15.2 Å². The first kappa shape index (κ1) is 12.8. The van der Waals surface area contributed by atoms with Crippen molar-refractivity contribution in [2.24, 2.45) is 5.73 Å². The maximum Gasteiger partial charge on any atom is 0.171 e. The standard InChI is InChI=1S/C12H15N3O2S/c1-7(13)11-14-15-12(18-11)8-5-4-6-9(16-2)10(8)17-3/h4-7H,13H2,1-3H3. The predicted octanol–water partition coefficient (Wildman–Crippen LogP) is 2.24. The second-order valence-corrected chi connectivity index (χ2v) is 4.78. The number of methoxy groups -OCH3 is 2. The molecular weight excluding hydrogens is 250 g/mol. The van der Waals surface area contributed by atoms with Crippen LogP contribution in [0.2, 0.25) is 0 Å². The third-order valence-electron chi connectivity index (χ3n) is 2.46. The average molecular weight is 265 g/mol. The Balaban J connectivity index is 2.49. The quantitative estimate of drug-likeness (QED) is 0.918. The van der Waals surface area contributed by atoms with Gasteiger partial charge < -0.3 is 15.2 Å². The highest BCUT2D eigenvalue weighted by molar-refractivity contribution is 7.14. The lowest BCUT2D eigenvalue weighted by Crippen LogP contribution is -2.03. The van der Waals surface area contributed by atoms with E-state index in [-0.39, 0.29) is 6.04 Å². The van der Waals surface area contributed by atoms with Gasteiger partial charge in [-0.3, -0.25) is 0 Å². The van der Waals surface area contributed by atoms with E-state index in [9.17, 15) is 0 Å². The van der Waals surface area contributed by atoms with Gasteiger partial charge in [0.1, 0.15) is 5.01 Å². The molecule has 1 atom stereocenters. The molecule has 0 aliphatic carbocycles. The van der Waals surface area contributed by atoms with Crippen molar-refractivity contribution in [2.75, 3.05) is 14.2 Å². The Morgan fingerprint density at radius 1 is 1.22 bits per heavy atom. The Hall–Kier alpha value is -1.66. The molecule has 0 saturated heterocycles. The molecule has 1 aromatic heterocycles. The minimum Gasteiger partial charge on any atom is -0.493 e. The van der Waals surface area contributed by atoms with Crippen molar-refractivity contribution in [1.82, 2.24) is 10.2 Å². The summed E-state index contributed by atoms with van der Waals surface area (Å²) in [6.45, 7) is 1.88. The van der Waals surface area contributed by atoms with Crippen LogP contribution in [-0.2, 0) is 0 Å². The summed E-state index contributed by atoms with van der Waals surface area (Å²) in [5.41, 5.74) is 6.65. The van der Waals surface area contributed by atoms with Gasteiger partial charge in [0.15, 0.2) is 16.5 Å². The maximum atomic E-state index is 5.78. The van der Waals surface area contributed by atoms with Crippen LogP contribution in [0.1, 0.15) is 18.0 Å². The number of ether oxygens (including phenoxy) is 2. The van der Waals surface area contributed by atoms with Gasteiger partial charge in [-0.05, 0) is 19.1 Å². The third-order valence-corrected chi connectivity index (χ3v) is 3.62. The van der Waals surface area contributed by atoms with Crippen molar-refractivity contribution in [1.29, 1.82) is 0 Å². The molecule has 0 bridgehead atoms. The minimum atomic E-state index is -0.118. The Labute approximate surface area is 110 Å². The van der Waals surface area contributed by atoms with E-state index in [4.69, 9.17) is 15.2 Å². The summed E-state index contributed by atoms with van der Waals surface area (Å²) in [7, 11) is 3.21. The third kappa shape index (κ3) is 2.30. The monoisotopic (exact) mass is 265 g/mol. The van der Waals surface area contributed by atoms with Crippen molar-refractivity contribution in [3.05, 3.63) is 23.2 Å². The number of hydrogen-bond acceptors (Lipinski definition) is 6. The molecule has 96 valence electrons. The Bertz CT molecular complexity index is 540. The first-order chi connectivity index (χ1) is 8.67. The summed E-state index contributed by atoms with van der Waals surface area (Å²) in [4.78, 5) is 0. The average Bonchev–Trinajstić information content (AvgIpc) is 2.87. The van der Waals surface area contributed by atoms with Gasteiger partial charge in [0.05, 0.1) is 25.8 Å². The molecule has 0 aliphatic heterocycles. The van der Waals surface area contributed by atoms with Crippen LogP contribution in [-0.4, -0.2) is 24.4 Å². The van der Waals surface area contributed by atoms with Crippen LogP contribution in [0.5, 0.6) is 11.5 Å².